The molecule has 0 saturated carbocycles. The summed E-state index contributed by atoms with van der Waals surface area (Å²) in [4.78, 5) is 11.2. The van der Waals surface area contributed by atoms with Crippen LogP contribution >= 0.6 is 35.6 Å². The summed E-state index contributed by atoms with van der Waals surface area (Å²) in [7, 11) is 0. The van der Waals surface area contributed by atoms with Gasteiger partial charge in [-0.2, -0.15) is 0 Å². The molecule has 96 valence electrons. The topological polar surface area (TPSA) is 55.1 Å². The zero-order valence-electron chi connectivity index (χ0n) is 9.37. The molecule has 17 heavy (non-hydrogen) atoms. The number of amides is 1. The molecule has 0 saturated heterocycles. The van der Waals surface area contributed by atoms with Gasteiger partial charge in [0.25, 0.3) is 0 Å². The first-order valence-corrected chi connectivity index (χ1v) is 5.73. The highest BCUT2D eigenvalue weighted by Crippen LogP contribution is 2.20. The fourth-order valence-electron chi connectivity index (χ4n) is 1.21. The molecule has 6 heteroatoms. The molecule has 0 aliphatic heterocycles. The number of halogens is 3. The molecule has 0 spiro atoms. The second kappa shape index (κ2) is 7.77. The molecule has 0 aliphatic carbocycles. The summed E-state index contributed by atoms with van der Waals surface area (Å²) in [5.41, 5.74) is 6.36. The molecule has 1 aromatic rings. The molecule has 0 heterocycles. The second-order valence-electron chi connectivity index (χ2n) is 3.57. The number of rotatable bonds is 4. The quantitative estimate of drug-likeness (QED) is 0.897. The van der Waals surface area contributed by atoms with E-state index in [1.165, 1.54) is 0 Å². The minimum absolute atomic E-state index is 0. The summed E-state index contributed by atoms with van der Waals surface area (Å²) in [5.74, 6) is -0.162. The minimum atomic E-state index is -0.485. The van der Waals surface area contributed by atoms with Crippen LogP contribution in [0.5, 0.6) is 0 Å². The van der Waals surface area contributed by atoms with Crippen molar-refractivity contribution >= 4 is 41.5 Å². The summed E-state index contributed by atoms with van der Waals surface area (Å²) in [6, 6.07) is 4.82. The Morgan fingerprint density at radius 2 is 2.12 bits per heavy atom. The van der Waals surface area contributed by atoms with Gasteiger partial charge in [0.15, 0.2) is 0 Å². The first-order valence-electron chi connectivity index (χ1n) is 4.98. The van der Waals surface area contributed by atoms with E-state index in [9.17, 15) is 4.79 Å². The van der Waals surface area contributed by atoms with Crippen molar-refractivity contribution in [3.63, 3.8) is 0 Å². The van der Waals surface area contributed by atoms with Crippen molar-refractivity contribution in [2.24, 2.45) is 5.73 Å². The third kappa shape index (κ3) is 5.59. The van der Waals surface area contributed by atoms with E-state index in [2.05, 4.69) is 5.32 Å². The van der Waals surface area contributed by atoms with Gasteiger partial charge < -0.3 is 11.1 Å². The molecule has 0 bridgehead atoms. The molecular formula is C11H15Cl3N2O. The molecule has 1 rings (SSSR count). The van der Waals surface area contributed by atoms with E-state index in [0.717, 1.165) is 5.56 Å². The van der Waals surface area contributed by atoms with Crippen LogP contribution in [0, 0.1) is 0 Å². The number of nitrogens with two attached hydrogens (primary N) is 1. The van der Waals surface area contributed by atoms with Gasteiger partial charge in [0.2, 0.25) is 5.91 Å². The Morgan fingerprint density at radius 3 is 2.65 bits per heavy atom. The molecule has 3 N–H and O–H groups in total. The number of benzene rings is 1. The first-order chi connectivity index (χ1) is 7.50. The Morgan fingerprint density at radius 1 is 1.47 bits per heavy atom. The maximum absolute atomic E-state index is 11.2. The Kier molecular flexibility index (Phi) is 7.55. The van der Waals surface area contributed by atoms with E-state index in [1.54, 1.807) is 19.1 Å². The van der Waals surface area contributed by atoms with Crippen molar-refractivity contribution in [3.8, 4) is 0 Å². The highest BCUT2D eigenvalue weighted by molar-refractivity contribution is 6.35. The maximum Gasteiger partial charge on any atom is 0.236 e. The Bertz CT molecular complexity index is 383. The third-order valence-corrected chi connectivity index (χ3v) is 2.71. The SMILES string of the molecule is CC(N)C(=O)NCCc1ccc(Cl)cc1Cl.Cl. The third-order valence-electron chi connectivity index (χ3n) is 2.12. The van der Waals surface area contributed by atoms with Crippen LogP contribution < -0.4 is 11.1 Å². The Hall–Kier alpha value is -0.480. The van der Waals surface area contributed by atoms with Gasteiger partial charge in [0.05, 0.1) is 6.04 Å². The average molecular weight is 298 g/mol. The monoisotopic (exact) mass is 296 g/mol. The van der Waals surface area contributed by atoms with Crippen LogP contribution in [0.3, 0.4) is 0 Å². The van der Waals surface area contributed by atoms with Crippen molar-refractivity contribution in [2.75, 3.05) is 6.54 Å². The van der Waals surface area contributed by atoms with E-state index in [4.69, 9.17) is 28.9 Å². The molecule has 1 aromatic carbocycles. The van der Waals surface area contributed by atoms with Gasteiger partial charge in [-0.3, -0.25) is 4.79 Å². The van der Waals surface area contributed by atoms with Gasteiger partial charge in [-0.25, -0.2) is 0 Å². The summed E-state index contributed by atoms with van der Waals surface area (Å²) >= 11 is 11.8. The normalized spacial score (nSPS) is 11.5. The van der Waals surface area contributed by atoms with Crippen LogP contribution in [0.1, 0.15) is 12.5 Å². The van der Waals surface area contributed by atoms with E-state index >= 15 is 0 Å². The van der Waals surface area contributed by atoms with Crippen LogP contribution in [0.4, 0.5) is 0 Å². The summed E-state index contributed by atoms with van der Waals surface area (Å²) in [5, 5.41) is 3.94. The van der Waals surface area contributed by atoms with E-state index in [1.807, 2.05) is 6.07 Å². The predicted octanol–water partition coefficient (Wildman–Crippen LogP) is 2.42. The van der Waals surface area contributed by atoms with E-state index < -0.39 is 6.04 Å². The Balaban J connectivity index is 0.00000256. The van der Waals surface area contributed by atoms with Gasteiger partial charge in [-0.1, -0.05) is 29.3 Å². The van der Waals surface area contributed by atoms with Crippen LogP contribution in [0.15, 0.2) is 18.2 Å². The number of carbonyl (C=O) groups excluding carboxylic acids is 1. The van der Waals surface area contributed by atoms with Crippen molar-refractivity contribution in [3.05, 3.63) is 33.8 Å². The molecular weight excluding hydrogens is 282 g/mol. The van der Waals surface area contributed by atoms with Gasteiger partial charge in [-0.15, -0.1) is 12.4 Å². The number of hydrogen-bond donors (Lipinski definition) is 2. The molecule has 0 fully saturated rings. The van der Waals surface area contributed by atoms with Crippen molar-refractivity contribution in [1.29, 1.82) is 0 Å². The standard InChI is InChI=1S/C11H14Cl2N2O.ClH/c1-7(14)11(16)15-5-4-8-2-3-9(12)6-10(8)13;/h2-3,6-7H,4-5,14H2,1H3,(H,15,16);1H. The Labute approximate surface area is 117 Å². The summed E-state index contributed by atoms with van der Waals surface area (Å²) in [6.07, 6.45) is 0.661. The second-order valence-corrected chi connectivity index (χ2v) is 4.41. The fourth-order valence-corrected chi connectivity index (χ4v) is 1.71. The highest BCUT2D eigenvalue weighted by atomic mass is 35.5. The first kappa shape index (κ1) is 16.5. The molecule has 0 radical (unpaired) electrons. The van der Waals surface area contributed by atoms with E-state index in [-0.39, 0.29) is 18.3 Å². The van der Waals surface area contributed by atoms with Crippen molar-refractivity contribution in [2.45, 2.75) is 19.4 Å². The molecule has 1 amide bonds. The number of hydrogen-bond acceptors (Lipinski definition) is 2. The minimum Gasteiger partial charge on any atom is -0.354 e. The van der Waals surface area contributed by atoms with Crippen LogP contribution in [-0.2, 0) is 11.2 Å². The number of carbonyl (C=O) groups is 1. The lowest BCUT2D eigenvalue weighted by atomic mass is 10.1. The fraction of sp³-hybridized carbons (Fsp3) is 0.364. The lowest BCUT2D eigenvalue weighted by Gasteiger charge is -2.08. The zero-order valence-corrected chi connectivity index (χ0v) is 11.7. The molecule has 0 aliphatic rings. The smallest absolute Gasteiger partial charge is 0.236 e. The average Bonchev–Trinajstić information content (AvgIpc) is 2.20. The van der Waals surface area contributed by atoms with Crippen LogP contribution in [0.2, 0.25) is 10.0 Å². The van der Waals surface area contributed by atoms with Gasteiger partial charge >= 0.3 is 0 Å². The van der Waals surface area contributed by atoms with E-state index in [0.29, 0.717) is 23.0 Å². The highest BCUT2D eigenvalue weighted by Gasteiger charge is 2.06. The van der Waals surface area contributed by atoms with Crippen molar-refractivity contribution in [1.82, 2.24) is 5.32 Å². The lowest BCUT2D eigenvalue weighted by Crippen LogP contribution is -2.39. The van der Waals surface area contributed by atoms with Gasteiger partial charge in [-0.05, 0) is 31.0 Å². The summed E-state index contributed by atoms with van der Waals surface area (Å²) < 4.78 is 0. The van der Waals surface area contributed by atoms with Gasteiger partial charge in [0, 0.05) is 16.6 Å². The maximum atomic E-state index is 11.2. The molecule has 3 nitrogen and oxygen atoms in total. The number of nitrogens with one attached hydrogen (secondary N) is 1. The molecule has 1 atom stereocenters. The van der Waals surface area contributed by atoms with Crippen molar-refractivity contribution < 1.29 is 4.79 Å². The zero-order chi connectivity index (χ0) is 12.1. The van der Waals surface area contributed by atoms with Crippen LogP contribution in [0.25, 0.3) is 0 Å². The molecule has 0 aromatic heterocycles. The predicted molar refractivity (Wildman–Crippen MR) is 74.1 cm³/mol. The lowest BCUT2D eigenvalue weighted by molar-refractivity contribution is -0.121. The van der Waals surface area contributed by atoms with Gasteiger partial charge in [0.1, 0.15) is 0 Å². The largest absolute Gasteiger partial charge is 0.354 e. The molecule has 1 unspecified atom stereocenters. The summed E-state index contributed by atoms with van der Waals surface area (Å²) in [6.45, 7) is 2.16. The van der Waals surface area contributed by atoms with Crippen LogP contribution in [-0.4, -0.2) is 18.5 Å².